The first kappa shape index (κ1) is 11.1. The topological polar surface area (TPSA) is 70.7 Å². The lowest BCUT2D eigenvalue weighted by molar-refractivity contribution is 0.857. The number of rotatable bonds is 3. The lowest BCUT2D eigenvalue weighted by Crippen LogP contribution is -2.14. The Labute approximate surface area is 101 Å². The molecule has 2 aromatic rings. The molecule has 0 aliphatic heterocycles. The van der Waals surface area contributed by atoms with Gasteiger partial charge in [0.25, 0.3) is 5.56 Å². The maximum atomic E-state index is 11.2. The molecule has 0 spiro atoms. The van der Waals surface area contributed by atoms with Crippen LogP contribution in [0.25, 0.3) is 0 Å². The van der Waals surface area contributed by atoms with E-state index < -0.39 is 0 Å². The van der Waals surface area contributed by atoms with Gasteiger partial charge in [-0.25, -0.2) is 9.97 Å². The maximum Gasteiger partial charge on any atom is 0.271 e. The summed E-state index contributed by atoms with van der Waals surface area (Å²) in [6, 6.07) is -0.0354. The second kappa shape index (κ2) is 4.63. The zero-order valence-electron chi connectivity index (χ0n) is 8.40. The molecule has 0 amide bonds. The summed E-state index contributed by atoms with van der Waals surface area (Å²) in [7, 11) is 0. The molecule has 16 heavy (non-hydrogen) atoms. The molecule has 5 nitrogen and oxygen atoms in total. The maximum absolute atomic E-state index is 11.2. The first-order valence-corrected chi connectivity index (χ1v) is 5.83. The van der Waals surface area contributed by atoms with Crippen LogP contribution in [-0.4, -0.2) is 15.0 Å². The van der Waals surface area contributed by atoms with Gasteiger partial charge in [0.1, 0.15) is 10.0 Å². The van der Waals surface area contributed by atoms with Crippen LogP contribution in [0.15, 0.2) is 22.7 Å². The van der Waals surface area contributed by atoms with Crippen molar-refractivity contribution in [1.29, 1.82) is 0 Å². The molecule has 7 heteroatoms. The Morgan fingerprint density at radius 3 is 3.06 bits per heavy atom. The van der Waals surface area contributed by atoms with E-state index in [0.29, 0.717) is 5.82 Å². The number of nitrogens with one attached hydrogen (secondary N) is 2. The van der Waals surface area contributed by atoms with Gasteiger partial charge < -0.3 is 10.3 Å². The SMILES string of the molecule is CC(Nc1nc[nH]c(=O)c1Cl)c1nccs1. The van der Waals surface area contributed by atoms with Crippen molar-refractivity contribution in [2.75, 3.05) is 5.32 Å². The third kappa shape index (κ3) is 2.23. The van der Waals surface area contributed by atoms with Crippen molar-refractivity contribution >= 4 is 28.8 Å². The van der Waals surface area contributed by atoms with Gasteiger partial charge in [0.15, 0.2) is 5.82 Å². The number of aromatic amines is 1. The van der Waals surface area contributed by atoms with Gasteiger partial charge in [0.2, 0.25) is 0 Å². The van der Waals surface area contributed by atoms with Crippen molar-refractivity contribution in [3.05, 3.63) is 38.3 Å². The highest BCUT2D eigenvalue weighted by molar-refractivity contribution is 7.09. The molecule has 0 saturated heterocycles. The van der Waals surface area contributed by atoms with Crippen LogP contribution >= 0.6 is 22.9 Å². The van der Waals surface area contributed by atoms with Gasteiger partial charge in [-0.15, -0.1) is 11.3 Å². The lowest BCUT2D eigenvalue weighted by Gasteiger charge is -2.11. The summed E-state index contributed by atoms with van der Waals surface area (Å²) >= 11 is 7.34. The van der Waals surface area contributed by atoms with E-state index in [4.69, 9.17) is 11.6 Å². The van der Waals surface area contributed by atoms with Crippen LogP contribution in [0, 0.1) is 0 Å². The number of hydrogen-bond acceptors (Lipinski definition) is 5. The highest BCUT2D eigenvalue weighted by Crippen LogP contribution is 2.22. The standard InChI is InChI=1S/C9H9ClN4OS/c1-5(9-11-2-3-16-9)14-7-6(10)8(15)13-4-12-7/h2-5H,1H3,(H2,12,13,14,15). The second-order valence-corrected chi connectivity index (χ2v) is 4.43. The highest BCUT2D eigenvalue weighted by atomic mass is 35.5. The quantitative estimate of drug-likeness (QED) is 0.882. The number of anilines is 1. The summed E-state index contributed by atoms with van der Waals surface area (Å²) in [6.45, 7) is 1.93. The van der Waals surface area contributed by atoms with E-state index in [-0.39, 0.29) is 16.6 Å². The van der Waals surface area contributed by atoms with Gasteiger partial charge in [-0.1, -0.05) is 11.6 Å². The largest absolute Gasteiger partial charge is 0.360 e. The molecule has 2 N–H and O–H groups in total. The number of thiazole rings is 1. The fourth-order valence-corrected chi connectivity index (χ4v) is 2.00. The Morgan fingerprint density at radius 1 is 1.56 bits per heavy atom. The third-order valence-corrected chi connectivity index (χ3v) is 3.28. The van der Waals surface area contributed by atoms with E-state index in [2.05, 4.69) is 20.3 Å². The molecule has 0 saturated carbocycles. The molecule has 0 fully saturated rings. The molecule has 0 radical (unpaired) electrons. The van der Waals surface area contributed by atoms with Crippen LogP contribution in [0.3, 0.4) is 0 Å². The highest BCUT2D eigenvalue weighted by Gasteiger charge is 2.12. The van der Waals surface area contributed by atoms with Gasteiger partial charge in [-0.05, 0) is 6.92 Å². The first-order valence-electron chi connectivity index (χ1n) is 4.57. The molecule has 84 valence electrons. The van der Waals surface area contributed by atoms with Crippen molar-refractivity contribution < 1.29 is 0 Å². The predicted molar refractivity (Wildman–Crippen MR) is 64.0 cm³/mol. The van der Waals surface area contributed by atoms with Gasteiger partial charge in [0, 0.05) is 11.6 Å². The monoisotopic (exact) mass is 256 g/mol. The van der Waals surface area contributed by atoms with Gasteiger partial charge >= 0.3 is 0 Å². The number of aromatic nitrogens is 3. The molecule has 0 bridgehead atoms. The molecule has 0 aromatic carbocycles. The smallest absolute Gasteiger partial charge is 0.271 e. The minimum Gasteiger partial charge on any atom is -0.360 e. The fourth-order valence-electron chi connectivity index (χ4n) is 1.20. The van der Waals surface area contributed by atoms with E-state index in [9.17, 15) is 4.79 Å². The zero-order chi connectivity index (χ0) is 11.5. The average Bonchev–Trinajstić information content (AvgIpc) is 2.78. The van der Waals surface area contributed by atoms with Gasteiger partial charge in [0.05, 0.1) is 12.4 Å². The van der Waals surface area contributed by atoms with E-state index in [0.717, 1.165) is 5.01 Å². The summed E-state index contributed by atoms with van der Waals surface area (Å²) in [5.41, 5.74) is -0.356. The molecule has 2 aromatic heterocycles. The number of halogens is 1. The normalized spacial score (nSPS) is 12.4. The zero-order valence-corrected chi connectivity index (χ0v) is 9.97. The van der Waals surface area contributed by atoms with Crippen molar-refractivity contribution in [2.45, 2.75) is 13.0 Å². The third-order valence-electron chi connectivity index (χ3n) is 1.97. The molecular weight excluding hydrogens is 248 g/mol. The first-order chi connectivity index (χ1) is 7.68. The number of H-pyrrole nitrogens is 1. The molecule has 0 aliphatic carbocycles. The van der Waals surface area contributed by atoms with E-state index in [1.165, 1.54) is 17.7 Å². The fraction of sp³-hybridized carbons (Fsp3) is 0.222. The average molecular weight is 257 g/mol. The Balaban J connectivity index is 2.21. The van der Waals surface area contributed by atoms with Crippen LogP contribution in [0.4, 0.5) is 5.82 Å². The molecule has 0 aliphatic rings. The summed E-state index contributed by atoms with van der Waals surface area (Å²) in [4.78, 5) is 21.8. The van der Waals surface area contributed by atoms with E-state index in [1.807, 2.05) is 12.3 Å². The Kier molecular flexibility index (Phi) is 3.21. The van der Waals surface area contributed by atoms with Crippen molar-refractivity contribution in [3.63, 3.8) is 0 Å². The Bertz CT molecular complexity index is 525. The minimum atomic E-state index is -0.356. The molecular formula is C9H9ClN4OS. The molecule has 1 unspecified atom stereocenters. The summed E-state index contributed by atoms with van der Waals surface area (Å²) in [6.07, 6.45) is 3.04. The van der Waals surface area contributed by atoms with Crippen molar-refractivity contribution in [3.8, 4) is 0 Å². The van der Waals surface area contributed by atoms with Crippen LogP contribution in [-0.2, 0) is 0 Å². The predicted octanol–water partition coefficient (Wildman–Crippen LogP) is 2.05. The lowest BCUT2D eigenvalue weighted by atomic mass is 10.3. The van der Waals surface area contributed by atoms with Crippen LogP contribution in [0.5, 0.6) is 0 Å². The molecule has 2 heterocycles. The second-order valence-electron chi connectivity index (χ2n) is 3.13. The summed E-state index contributed by atoms with van der Waals surface area (Å²) in [5.74, 6) is 0.369. The van der Waals surface area contributed by atoms with E-state index >= 15 is 0 Å². The van der Waals surface area contributed by atoms with Crippen LogP contribution in [0.2, 0.25) is 5.02 Å². The van der Waals surface area contributed by atoms with Crippen LogP contribution in [0.1, 0.15) is 18.0 Å². The van der Waals surface area contributed by atoms with Gasteiger partial charge in [-0.3, -0.25) is 4.79 Å². The summed E-state index contributed by atoms with van der Waals surface area (Å²) in [5, 5.41) is 5.90. The van der Waals surface area contributed by atoms with Crippen LogP contribution < -0.4 is 10.9 Å². The Hall–Kier alpha value is -1.40. The molecule has 1 atom stereocenters. The summed E-state index contributed by atoms with van der Waals surface area (Å²) < 4.78 is 0. The minimum absolute atomic E-state index is 0.0354. The Morgan fingerprint density at radius 2 is 2.38 bits per heavy atom. The number of hydrogen-bond donors (Lipinski definition) is 2. The van der Waals surface area contributed by atoms with E-state index in [1.54, 1.807) is 6.20 Å². The van der Waals surface area contributed by atoms with Gasteiger partial charge in [-0.2, -0.15) is 0 Å². The van der Waals surface area contributed by atoms with Crippen molar-refractivity contribution in [2.24, 2.45) is 0 Å². The van der Waals surface area contributed by atoms with Crippen molar-refractivity contribution in [1.82, 2.24) is 15.0 Å². The number of nitrogens with zero attached hydrogens (tertiary/aromatic N) is 2. The molecule has 2 rings (SSSR count).